The highest BCUT2D eigenvalue weighted by Gasteiger charge is 2.16. The predicted octanol–water partition coefficient (Wildman–Crippen LogP) is 2.61. The zero-order chi connectivity index (χ0) is 16.4. The number of benzene rings is 2. The topological polar surface area (TPSA) is 82.5 Å². The lowest BCUT2D eigenvalue weighted by Gasteiger charge is -2.05. The monoisotopic (exact) mass is 313 g/mol. The zero-order valence-electron chi connectivity index (χ0n) is 11.9. The molecular formula is C17H12FNO4. The van der Waals surface area contributed by atoms with Crippen molar-refractivity contribution in [2.45, 2.75) is 6.54 Å². The maximum Gasteiger partial charge on any atom is 0.351 e. The fourth-order valence-electron chi connectivity index (χ4n) is 2.13. The van der Waals surface area contributed by atoms with Crippen molar-refractivity contribution in [3.8, 4) is 5.75 Å². The number of hydrogen-bond donors (Lipinski definition) is 1. The van der Waals surface area contributed by atoms with Crippen molar-refractivity contribution in [1.29, 1.82) is 0 Å². The first kappa shape index (κ1) is 14.9. The lowest BCUT2D eigenvalue weighted by atomic mass is 10.1. The molecule has 0 aliphatic rings. The normalized spacial score (nSPS) is 10.7. The second kappa shape index (κ2) is 6.02. The second-order valence-corrected chi connectivity index (χ2v) is 4.87. The second-order valence-electron chi connectivity index (χ2n) is 4.87. The first-order chi connectivity index (χ1) is 11.1. The van der Waals surface area contributed by atoms with Crippen LogP contribution in [0.25, 0.3) is 11.0 Å². The Labute approximate surface area is 130 Å². The average molecular weight is 313 g/mol. The van der Waals surface area contributed by atoms with Crippen molar-refractivity contribution in [2.24, 2.45) is 5.73 Å². The van der Waals surface area contributed by atoms with E-state index in [1.807, 2.05) is 0 Å². The van der Waals surface area contributed by atoms with E-state index in [-0.39, 0.29) is 11.3 Å². The third-order valence-electron chi connectivity index (χ3n) is 3.26. The van der Waals surface area contributed by atoms with Crippen molar-refractivity contribution in [3.63, 3.8) is 0 Å². The summed E-state index contributed by atoms with van der Waals surface area (Å²) in [6, 6.07) is 11.5. The van der Waals surface area contributed by atoms with Gasteiger partial charge in [-0.15, -0.1) is 0 Å². The van der Waals surface area contributed by atoms with E-state index in [9.17, 15) is 14.0 Å². The maximum absolute atomic E-state index is 13.1. The molecule has 6 heteroatoms. The Kier molecular flexibility index (Phi) is 3.91. The minimum absolute atomic E-state index is 0.00482. The number of rotatable bonds is 3. The number of hydrogen-bond acceptors (Lipinski definition) is 5. The van der Waals surface area contributed by atoms with Gasteiger partial charge in [0.1, 0.15) is 22.7 Å². The maximum atomic E-state index is 13.1. The molecule has 3 rings (SSSR count). The van der Waals surface area contributed by atoms with E-state index in [1.54, 1.807) is 18.2 Å². The Hall–Kier alpha value is -2.99. The average Bonchev–Trinajstić information content (AvgIpc) is 2.53. The van der Waals surface area contributed by atoms with Crippen LogP contribution in [0, 0.1) is 5.82 Å². The van der Waals surface area contributed by atoms with Gasteiger partial charge >= 0.3 is 11.6 Å². The van der Waals surface area contributed by atoms with E-state index in [4.69, 9.17) is 14.9 Å². The van der Waals surface area contributed by atoms with Crippen molar-refractivity contribution < 1.29 is 18.3 Å². The summed E-state index contributed by atoms with van der Waals surface area (Å²) in [6.07, 6.45) is 0. The third kappa shape index (κ3) is 3.12. The van der Waals surface area contributed by atoms with Gasteiger partial charge in [-0.3, -0.25) is 0 Å². The molecule has 0 saturated carbocycles. The molecule has 0 amide bonds. The van der Waals surface area contributed by atoms with Crippen LogP contribution >= 0.6 is 0 Å². The van der Waals surface area contributed by atoms with Gasteiger partial charge in [0.2, 0.25) is 0 Å². The van der Waals surface area contributed by atoms with Crippen LogP contribution in [0.2, 0.25) is 0 Å². The van der Waals surface area contributed by atoms with E-state index in [0.717, 1.165) is 11.6 Å². The molecule has 0 saturated heterocycles. The molecule has 0 bridgehead atoms. The molecule has 0 fully saturated rings. The predicted molar refractivity (Wildman–Crippen MR) is 81.7 cm³/mol. The molecule has 0 radical (unpaired) electrons. The number of esters is 1. The number of halogens is 1. The molecule has 1 aromatic heterocycles. The number of carbonyl (C=O) groups is 1. The van der Waals surface area contributed by atoms with E-state index < -0.39 is 17.4 Å². The van der Waals surface area contributed by atoms with Crippen molar-refractivity contribution in [1.82, 2.24) is 0 Å². The summed E-state index contributed by atoms with van der Waals surface area (Å²) in [5, 5.41) is 0.554. The van der Waals surface area contributed by atoms with E-state index >= 15 is 0 Å². The van der Waals surface area contributed by atoms with E-state index in [2.05, 4.69) is 0 Å². The molecular weight excluding hydrogens is 301 g/mol. The number of ether oxygens (including phenoxy) is 1. The first-order valence-corrected chi connectivity index (χ1v) is 6.81. The molecule has 2 N–H and O–H groups in total. The molecule has 5 nitrogen and oxygen atoms in total. The molecule has 23 heavy (non-hydrogen) atoms. The van der Waals surface area contributed by atoms with Crippen LogP contribution < -0.4 is 16.1 Å². The van der Waals surface area contributed by atoms with Gasteiger partial charge in [-0.2, -0.15) is 0 Å². The Balaban J connectivity index is 1.99. The quantitative estimate of drug-likeness (QED) is 0.456. The highest BCUT2D eigenvalue weighted by atomic mass is 19.1. The van der Waals surface area contributed by atoms with Gasteiger partial charge in [-0.1, -0.05) is 12.1 Å². The fourth-order valence-corrected chi connectivity index (χ4v) is 2.13. The summed E-state index contributed by atoms with van der Waals surface area (Å²) < 4.78 is 23.2. The van der Waals surface area contributed by atoms with Crippen molar-refractivity contribution in [2.75, 3.05) is 0 Å². The number of fused-ring (bicyclic) bond motifs is 1. The first-order valence-electron chi connectivity index (χ1n) is 6.81. The molecule has 116 valence electrons. The SMILES string of the molecule is NCc1ccc2oc(=O)c(C(=O)Oc3cccc(F)c3)cc2c1. The minimum Gasteiger partial charge on any atom is -0.423 e. The largest absolute Gasteiger partial charge is 0.423 e. The molecule has 3 aromatic rings. The Morgan fingerprint density at radius 1 is 1.17 bits per heavy atom. The number of carbonyl (C=O) groups excluding carboxylic acids is 1. The lowest BCUT2D eigenvalue weighted by Crippen LogP contribution is -2.18. The van der Waals surface area contributed by atoms with Crippen LogP contribution in [-0.2, 0) is 6.54 Å². The Bertz CT molecular complexity index is 949. The minimum atomic E-state index is -0.913. The highest BCUT2D eigenvalue weighted by Crippen LogP contribution is 2.18. The standard InChI is InChI=1S/C17H12FNO4/c18-12-2-1-3-13(8-12)22-16(20)14-7-11-6-10(9-19)4-5-15(11)23-17(14)21/h1-8H,9,19H2. The van der Waals surface area contributed by atoms with Crippen molar-refractivity contribution >= 4 is 16.9 Å². The summed E-state index contributed by atoms with van der Waals surface area (Å²) in [7, 11) is 0. The van der Waals surface area contributed by atoms with Gasteiger partial charge in [-0.05, 0) is 35.9 Å². The lowest BCUT2D eigenvalue weighted by molar-refractivity contribution is 0.0730. The van der Waals surface area contributed by atoms with Crippen LogP contribution in [0.4, 0.5) is 4.39 Å². The smallest absolute Gasteiger partial charge is 0.351 e. The summed E-state index contributed by atoms with van der Waals surface area (Å²) in [4.78, 5) is 24.0. The Morgan fingerprint density at radius 2 is 2.00 bits per heavy atom. The van der Waals surface area contributed by atoms with Gasteiger partial charge in [0.25, 0.3) is 0 Å². The molecule has 0 spiro atoms. The van der Waals surface area contributed by atoms with Gasteiger partial charge in [-0.25, -0.2) is 14.0 Å². The summed E-state index contributed by atoms with van der Waals surface area (Å²) in [5.74, 6) is -1.46. The summed E-state index contributed by atoms with van der Waals surface area (Å²) in [5.41, 5.74) is 5.65. The van der Waals surface area contributed by atoms with Crippen LogP contribution in [0.1, 0.15) is 15.9 Å². The molecule has 2 aromatic carbocycles. The summed E-state index contributed by atoms with van der Waals surface area (Å²) in [6.45, 7) is 0.318. The van der Waals surface area contributed by atoms with Crippen molar-refractivity contribution in [3.05, 3.63) is 75.9 Å². The molecule has 0 unspecified atom stereocenters. The van der Waals surface area contributed by atoms with E-state index in [1.165, 1.54) is 24.3 Å². The van der Waals surface area contributed by atoms with Gasteiger partial charge in [0, 0.05) is 18.0 Å². The summed E-state index contributed by atoms with van der Waals surface area (Å²) >= 11 is 0. The number of nitrogens with two attached hydrogens (primary N) is 1. The van der Waals surface area contributed by atoms with Crippen LogP contribution in [-0.4, -0.2) is 5.97 Å². The third-order valence-corrected chi connectivity index (χ3v) is 3.26. The van der Waals surface area contributed by atoms with Gasteiger partial charge < -0.3 is 14.9 Å². The fraction of sp³-hybridized carbons (Fsp3) is 0.0588. The van der Waals surface area contributed by atoms with E-state index in [0.29, 0.717) is 17.5 Å². The molecule has 0 atom stereocenters. The molecule has 0 aliphatic carbocycles. The highest BCUT2D eigenvalue weighted by molar-refractivity contribution is 5.94. The van der Waals surface area contributed by atoms with Gasteiger partial charge in [0.15, 0.2) is 0 Å². The zero-order valence-corrected chi connectivity index (χ0v) is 11.9. The van der Waals surface area contributed by atoms with Crippen LogP contribution in [0.15, 0.2) is 57.7 Å². The van der Waals surface area contributed by atoms with Crippen LogP contribution in [0.3, 0.4) is 0 Å². The van der Waals surface area contributed by atoms with Crippen LogP contribution in [0.5, 0.6) is 5.75 Å². The van der Waals surface area contributed by atoms with Gasteiger partial charge in [0.05, 0.1) is 0 Å². The Morgan fingerprint density at radius 3 is 2.74 bits per heavy atom. The molecule has 1 heterocycles. The molecule has 0 aliphatic heterocycles.